The fraction of sp³-hybridized carbons (Fsp3) is 0.333. The summed E-state index contributed by atoms with van der Waals surface area (Å²) in [4.78, 5) is 2.40. The van der Waals surface area contributed by atoms with Crippen molar-refractivity contribution in [3.05, 3.63) is 65.7 Å². The Morgan fingerprint density at radius 3 is 2.15 bits per heavy atom. The minimum absolute atomic E-state index is 0.946. The normalized spacial score (nSPS) is 10.5. The molecular formula is C18H24N2. The van der Waals surface area contributed by atoms with Crippen LogP contribution in [0.4, 0.5) is 5.69 Å². The summed E-state index contributed by atoms with van der Waals surface area (Å²) in [6.45, 7) is 8.27. The van der Waals surface area contributed by atoms with Gasteiger partial charge in [-0.3, -0.25) is 0 Å². The molecule has 0 aliphatic carbocycles. The van der Waals surface area contributed by atoms with Gasteiger partial charge in [-0.1, -0.05) is 49.4 Å². The van der Waals surface area contributed by atoms with Gasteiger partial charge in [-0.15, -0.1) is 0 Å². The van der Waals surface area contributed by atoms with Crippen molar-refractivity contribution in [1.82, 2.24) is 5.32 Å². The van der Waals surface area contributed by atoms with E-state index in [1.54, 1.807) is 0 Å². The third kappa shape index (κ3) is 4.10. The second-order valence-electron chi connectivity index (χ2n) is 4.95. The standard InChI is InChI=1S/C18H24N2/c1-3-19-14-16-10-12-18(13-11-16)20(4-2)15-17-8-6-5-7-9-17/h5-13,19H,3-4,14-15H2,1-2H3. The number of nitrogens with zero attached hydrogens (tertiary/aromatic N) is 1. The van der Waals surface area contributed by atoms with Gasteiger partial charge >= 0.3 is 0 Å². The highest BCUT2D eigenvalue weighted by atomic mass is 15.1. The number of hydrogen-bond acceptors (Lipinski definition) is 2. The summed E-state index contributed by atoms with van der Waals surface area (Å²) in [5.74, 6) is 0. The van der Waals surface area contributed by atoms with Crippen LogP contribution in [0, 0.1) is 0 Å². The van der Waals surface area contributed by atoms with Crippen LogP contribution in [-0.4, -0.2) is 13.1 Å². The molecule has 1 N–H and O–H groups in total. The molecule has 0 unspecified atom stereocenters. The maximum atomic E-state index is 3.35. The summed E-state index contributed by atoms with van der Waals surface area (Å²) in [5.41, 5.74) is 3.98. The average Bonchev–Trinajstić information content (AvgIpc) is 2.52. The van der Waals surface area contributed by atoms with E-state index in [0.29, 0.717) is 0 Å². The van der Waals surface area contributed by atoms with Crippen molar-refractivity contribution in [2.45, 2.75) is 26.9 Å². The third-order valence-electron chi connectivity index (χ3n) is 3.48. The Morgan fingerprint density at radius 2 is 1.55 bits per heavy atom. The Morgan fingerprint density at radius 1 is 0.850 bits per heavy atom. The van der Waals surface area contributed by atoms with Crippen LogP contribution in [0.15, 0.2) is 54.6 Å². The molecule has 2 aromatic carbocycles. The Balaban J connectivity index is 2.04. The largest absolute Gasteiger partial charge is 0.367 e. The Hall–Kier alpha value is -1.80. The van der Waals surface area contributed by atoms with Gasteiger partial charge in [-0.2, -0.15) is 0 Å². The van der Waals surface area contributed by atoms with Crippen molar-refractivity contribution in [3.63, 3.8) is 0 Å². The predicted molar refractivity (Wildman–Crippen MR) is 87.0 cm³/mol. The fourth-order valence-corrected chi connectivity index (χ4v) is 2.28. The van der Waals surface area contributed by atoms with Gasteiger partial charge in [0.05, 0.1) is 0 Å². The molecule has 0 amide bonds. The van der Waals surface area contributed by atoms with E-state index in [2.05, 4.69) is 78.7 Å². The highest BCUT2D eigenvalue weighted by Crippen LogP contribution is 2.18. The van der Waals surface area contributed by atoms with Gasteiger partial charge in [0.2, 0.25) is 0 Å². The predicted octanol–water partition coefficient (Wildman–Crippen LogP) is 3.82. The Labute approximate surface area is 122 Å². The summed E-state index contributed by atoms with van der Waals surface area (Å²) in [7, 11) is 0. The summed E-state index contributed by atoms with van der Waals surface area (Å²) < 4.78 is 0. The highest BCUT2D eigenvalue weighted by Gasteiger charge is 2.05. The Kier molecular flexibility index (Phi) is 5.63. The van der Waals surface area contributed by atoms with Gasteiger partial charge in [0.25, 0.3) is 0 Å². The van der Waals surface area contributed by atoms with E-state index in [9.17, 15) is 0 Å². The number of hydrogen-bond donors (Lipinski definition) is 1. The molecule has 0 aromatic heterocycles. The molecule has 2 aromatic rings. The molecule has 0 aliphatic rings. The molecule has 2 heteroatoms. The van der Waals surface area contributed by atoms with Crippen molar-refractivity contribution in [2.75, 3.05) is 18.0 Å². The second-order valence-corrected chi connectivity index (χ2v) is 4.95. The van der Waals surface area contributed by atoms with E-state index in [-0.39, 0.29) is 0 Å². The molecule has 0 atom stereocenters. The van der Waals surface area contributed by atoms with E-state index in [1.165, 1.54) is 16.8 Å². The van der Waals surface area contributed by atoms with E-state index in [1.807, 2.05) is 0 Å². The quantitative estimate of drug-likeness (QED) is 0.821. The van der Waals surface area contributed by atoms with Crippen LogP contribution in [0.25, 0.3) is 0 Å². The first kappa shape index (κ1) is 14.6. The summed E-state index contributed by atoms with van der Waals surface area (Å²) in [6.07, 6.45) is 0. The van der Waals surface area contributed by atoms with Crippen LogP contribution < -0.4 is 10.2 Å². The second kappa shape index (κ2) is 7.71. The first-order chi connectivity index (χ1) is 9.83. The van der Waals surface area contributed by atoms with Gasteiger partial charge in [0.15, 0.2) is 0 Å². The molecule has 2 nitrogen and oxygen atoms in total. The van der Waals surface area contributed by atoms with Crippen molar-refractivity contribution in [3.8, 4) is 0 Å². The fourth-order valence-electron chi connectivity index (χ4n) is 2.28. The third-order valence-corrected chi connectivity index (χ3v) is 3.48. The molecule has 20 heavy (non-hydrogen) atoms. The molecule has 2 rings (SSSR count). The molecule has 0 fully saturated rings. The number of rotatable bonds is 7. The van der Waals surface area contributed by atoms with Crippen LogP contribution in [0.5, 0.6) is 0 Å². The minimum atomic E-state index is 0.946. The zero-order chi connectivity index (χ0) is 14.2. The van der Waals surface area contributed by atoms with Crippen molar-refractivity contribution < 1.29 is 0 Å². The van der Waals surface area contributed by atoms with Gasteiger partial charge in [0, 0.05) is 25.3 Å². The molecule has 0 radical (unpaired) electrons. The van der Waals surface area contributed by atoms with Crippen LogP contribution in [-0.2, 0) is 13.1 Å². The SMILES string of the molecule is CCNCc1ccc(N(CC)Cc2ccccc2)cc1. The molecule has 106 valence electrons. The van der Waals surface area contributed by atoms with E-state index < -0.39 is 0 Å². The van der Waals surface area contributed by atoms with Crippen LogP contribution in [0.3, 0.4) is 0 Å². The lowest BCUT2D eigenvalue weighted by Gasteiger charge is -2.23. The molecule has 0 spiro atoms. The van der Waals surface area contributed by atoms with E-state index >= 15 is 0 Å². The van der Waals surface area contributed by atoms with Crippen molar-refractivity contribution >= 4 is 5.69 Å². The molecule has 0 saturated heterocycles. The molecule has 0 bridgehead atoms. The molecule has 0 heterocycles. The zero-order valence-corrected chi connectivity index (χ0v) is 12.5. The number of nitrogens with one attached hydrogen (secondary N) is 1. The lowest BCUT2D eigenvalue weighted by atomic mass is 10.1. The molecular weight excluding hydrogens is 244 g/mol. The van der Waals surface area contributed by atoms with Gasteiger partial charge in [-0.25, -0.2) is 0 Å². The van der Waals surface area contributed by atoms with Crippen molar-refractivity contribution in [2.24, 2.45) is 0 Å². The van der Waals surface area contributed by atoms with Gasteiger partial charge in [-0.05, 0) is 36.7 Å². The molecule has 0 saturated carbocycles. The minimum Gasteiger partial charge on any atom is -0.367 e. The first-order valence-corrected chi connectivity index (χ1v) is 7.42. The lowest BCUT2D eigenvalue weighted by molar-refractivity contribution is 0.726. The monoisotopic (exact) mass is 268 g/mol. The van der Waals surface area contributed by atoms with Gasteiger partial charge in [0.1, 0.15) is 0 Å². The maximum Gasteiger partial charge on any atom is 0.0429 e. The molecule has 0 aliphatic heterocycles. The van der Waals surface area contributed by atoms with Crippen LogP contribution in [0.1, 0.15) is 25.0 Å². The van der Waals surface area contributed by atoms with Crippen LogP contribution >= 0.6 is 0 Å². The number of anilines is 1. The van der Waals surface area contributed by atoms with E-state index in [0.717, 1.165) is 26.2 Å². The zero-order valence-electron chi connectivity index (χ0n) is 12.5. The maximum absolute atomic E-state index is 3.35. The number of benzene rings is 2. The van der Waals surface area contributed by atoms with E-state index in [4.69, 9.17) is 0 Å². The summed E-state index contributed by atoms with van der Waals surface area (Å²) in [5, 5.41) is 3.35. The first-order valence-electron chi connectivity index (χ1n) is 7.42. The Bertz CT molecular complexity index is 491. The summed E-state index contributed by atoms with van der Waals surface area (Å²) in [6, 6.07) is 19.5. The summed E-state index contributed by atoms with van der Waals surface area (Å²) >= 11 is 0. The topological polar surface area (TPSA) is 15.3 Å². The highest BCUT2D eigenvalue weighted by molar-refractivity contribution is 5.48. The van der Waals surface area contributed by atoms with Crippen molar-refractivity contribution in [1.29, 1.82) is 0 Å². The smallest absolute Gasteiger partial charge is 0.0429 e. The average molecular weight is 268 g/mol. The van der Waals surface area contributed by atoms with Gasteiger partial charge < -0.3 is 10.2 Å². The van der Waals surface area contributed by atoms with Crippen LogP contribution in [0.2, 0.25) is 0 Å². The lowest BCUT2D eigenvalue weighted by Crippen LogP contribution is -2.22.